The third-order valence-electron chi connectivity index (χ3n) is 3.60. The normalized spacial score (nSPS) is 20.8. The van der Waals surface area contributed by atoms with Crippen LogP contribution >= 0.6 is 0 Å². The van der Waals surface area contributed by atoms with E-state index in [0.29, 0.717) is 17.1 Å². The van der Waals surface area contributed by atoms with Gasteiger partial charge in [-0.15, -0.1) is 0 Å². The maximum atomic E-state index is 12.2. The molecule has 0 atom stereocenters. The van der Waals surface area contributed by atoms with Gasteiger partial charge in [-0.1, -0.05) is 12.5 Å². The van der Waals surface area contributed by atoms with Gasteiger partial charge < -0.3 is 14.2 Å². The molecule has 0 unspecified atom stereocenters. The molecule has 0 amide bonds. The summed E-state index contributed by atoms with van der Waals surface area (Å²) in [4.78, 5) is 12.2. The Balaban J connectivity index is 2.00. The molecule has 0 radical (unpaired) electrons. The fourth-order valence-corrected chi connectivity index (χ4v) is 2.70. The molecular formula is C14H16O4. The molecule has 1 spiro atoms. The molecule has 1 fully saturated rings. The Kier molecular flexibility index (Phi) is 2.65. The number of ether oxygens (including phenoxy) is 3. The molecule has 0 bridgehead atoms. The number of carbonyl (C=O) groups is 1. The van der Waals surface area contributed by atoms with Gasteiger partial charge in [-0.3, -0.25) is 0 Å². The first-order chi connectivity index (χ1) is 8.74. The van der Waals surface area contributed by atoms with Gasteiger partial charge in [0.25, 0.3) is 5.79 Å². The molecule has 1 saturated carbocycles. The largest absolute Gasteiger partial charge is 0.496 e. The number of rotatable bonds is 1. The van der Waals surface area contributed by atoms with E-state index >= 15 is 0 Å². The van der Waals surface area contributed by atoms with Crippen LogP contribution in [0.25, 0.3) is 0 Å². The molecule has 96 valence electrons. The van der Waals surface area contributed by atoms with E-state index in [1.807, 2.05) is 6.07 Å². The molecule has 1 aliphatic heterocycles. The van der Waals surface area contributed by atoms with Crippen LogP contribution in [0.3, 0.4) is 0 Å². The molecule has 1 aromatic rings. The molecule has 0 N–H and O–H groups in total. The summed E-state index contributed by atoms with van der Waals surface area (Å²) in [7, 11) is 1.54. The van der Waals surface area contributed by atoms with Crippen LogP contribution in [-0.4, -0.2) is 18.9 Å². The van der Waals surface area contributed by atoms with Gasteiger partial charge in [0.15, 0.2) is 0 Å². The second kappa shape index (κ2) is 4.19. The van der Waals surface area contributed by atoms with Gasteiger partial charge in [0.1, 0.15) is 17.1 Å². The third kappa shape index (κ3) is 1.72. The van der Waals surface area contributed by atoms with Crippen molar-refractivity contribution in [1.82, 2.24) is 0 Å². The zero-order chi connectivity index (χ0) is 12.6. The summed E-state index contributed by atoms with van der Waals surface area (Å²) in [5, 5.41) is 0. The molecule has 4 nitrogen and oxygen atoms in total. The standard InChI is InChI=1S/C14H16O4/c1-16-10-6-5-7-11-12(10)13(15)18-14(17-11)8-3-2-4-9-14/h5-7H,2-4,8-9H2,1H3. The van der Waals surface area contributed by atoms with Crippen LogP contribution in [0.4, 0.5) is 0 Å². The monoisotopic (exact) mass is 248 g/mol. The van der Waals surface area contributed by atoms with Gasteiger partial charge in [-0.25, -0.2) is 4.79 Å². The minimum atomic E-state index is -0.741. The van der Waals surface area contributed by atoms with Crippen LogP contribution < -0.4 is 9.47 Å². The van der Waals surface area contributed by atoms with Crippen molar-refractivity contribution in [2.45, 2.75) is 37.9 Å². The minimum Gasteiger partial charge on any atom is -0.496 e. The first-order valence-electron chi connectivity index (χ1n) is 6.33. The summed E-state index contributed by atoms with van der Waals surface area (Å²) in [5.74, 6) is 0.000536. The summed E-state index contributed by atoms with van der Waals surface area (Å²) in [6, 6.07) is 5.36. The molecule has 0 aromatic heterocycles. The van der Waals surface area contributed by atoms with Crippen LogP contribution in [0.15, 0.2) is 18.2 Å². The molecule has 18 heavy (non-hydrogen) atoms. The maximum Gasteiger partial charge on any atom is 0.349 e. The summed E-state index contributed by atoms with van der Waals surface area (Å²) < 4.78 is 16.7. The lowest BCUT2D eigenvalue weighted by molar-refractivity contribution is -0.172. The van der Waals surface area contributed by atoms with Crippen LogP contribution in [0.2, 0.25) is 0 Å². The van der Waals surface area contributed by atoms with Crippen molar-refractivity contribution in [2.24, 2.45) is 0 Å². The predicted octanol–water partition coefficient (Wildman–Crippen LogP) is 2.90. The fourth-order valence-electron chi connectivity index (χ4n) is 2.70. The molecule has 0 saturated heterocycles. The van der Waals surface area contributed by atoms with E-state index in [4.69, 9.17) is 14.2 Å². The Morgan fingerprint density at radius 3 is 2.67 bits per heavy atom. The Morgan fingerprint density at radius 1 is 1.17 bits per heavy atom. The first kappa shape index (κ1) is 11.4. The molecular weight excluding hydrogens is 232 g/mol. The van der Waals surface area contributed by atoms with Gasteiger partial charge in [0.05, 0.1) is 7.11 Å². The lowest BCUT2D eigenvalue weighted by Crippen LogP contribution is -2.46. The van der Waals surface area contributed by atoms with Crippen LogP contribution in [0.5, 0.6) is 11.5 Å². The Labute approximate surface area is 106 Å². The average molecular weight is 248 g/mol. The zero-order valence-corrected chi connectivity index (χ0v) is 10.4. The highest BCUT2D eigenvalue weighted by atomic mass is 16.7. The van der Waals surface area contributed by atoms with Crippen molar-refractivity contribution < 1.29 is 19.0 Å². The quantitative estimate of drug-likeness (QED) is 0.717. The Bertz CT molecular complexity index is 475. The highest BCUT2D eigenvalue weighted by molar-refractivity contribution is 5.96. The topological polar surface area (TPSA) is 44.8 Å². The number of hydrogen-bond donors (Lipinski definition) is 0. The highest BCUT2D eigenvalue weighted by Gasteiger charge is 2.44. The van der Waals surface area contributed by atoms with Crippen molar-refractivity contribution in [3.8, 4) is 11.5 Å². The van der Waals surface area contributed by atoms with Crippen molar-refractivity contribution >= 4 is 5.97 Å². The number of fused-ring (bicyclic) bond motifs is 1. The van der Waals surface area contributed by atoms with Crippen molar-refractivity contribution in [1.29, 1.82) is 0 Å². The van der Waals surface area contributed by atoms with Crippen molar-refractivity contribution in [3.63, 3.8) is 0 Å². The molecule has 2 aliphatic rings. The minimum absolute atomic E-state index is 0.337. The molecule has 3 rings (SSSR count). The van der Waals surface area contributed by atoms with Crippen LogP contribution in [-0.2, 0) is 4.74 Å². The van der Waals surface area contributed by atoms with E-state index < -0.39 is 5.79 Å². The van der Waals surface area contributed by atoms with E-state index in [2.05, 4.69) is 0 Å². The third-order valence-corrected chi connectivity index (χ3v) is 3.60. The highest BCUT2D eigenvalue weighted by Crippen LogP contribution is 2.42. The molecule has 4 heteroatoms. The van der Waals surface area contributed by atoms with Crippen molar-refractivity contribution in [2.75, 3.05) is 7.11 Å². The smallest absolute Gasteiger partial charge is 0.349 e. The van der Waals surface area contributed by atoms with E-state index in [1.165, 1.54) is 13.5 Å². The number of methoxy groups -OCH3 is 1. The Hall–Kier alpha value is -1.71. The summed E-state index contributed by atoms with van der Waals surface area (Å²) in [5.41, 5.74) is 0.399. The fraction of sp³-hybridized carbons (Fsp3) is 0.500. The van der Waals surface area contributed by atoms with E-state index in [9.17, 15) is 4.79 Å². The second-order valence-corrected chi connectivity index (χ2v) is 4.80. The summed E-state index contributed by atoms with van der Waals surface area (Å²) in [6.07, 6.45) is 4.79. The molecule has 1 heterocycles. The molecule has 1 aliphatic carbocycles. The van der Waals surface area contributed by atoms with Crippen LogP contribution in [0, 0.1) is 0 Å². The Morgan fingerprint density at radius 2 is 1.94 bits per heavy atom. The van der Waals surface area contributed by atoms with Crippen LogP contribution in [0.1, 0.15) is 42.5 Å². The van der Waals surface area contributed by atoms with Gasteiger partial charge in [-0.05, 0) is 25.0 Å². The summed E-state index contributed by atoms with van der Waals surface area (Å²) >= 11 is 0. The van der Waals surface area contributed by atoms with Gasteiger partial charge >= 0.3 is 5.97 Å². The second-order valence-electron chi connectivity index (χ2n) is 4.80. The van der Waals surface area contributed by atoms with Gasteiger partial charge in [-0.2, -0.15) is 0 Å². The van der Waals surface area contributed by atoms with E-state index in [0.717, 1.165) is 25.7 Å². The number of hydrogen-bond acceptors (Lipinski definition) is 4. The first-order valence-corrected chi connectivity index (χ1v) is 6.33. The SMILES string of the molecule is COc1cccc2c1C(=O)OC1(CCCCC1)O2. The van der Waals surface area contributed by atoms with Gasteiger partial charge in [0.2, 0.25) is 0 Å². The summed E-state index contributed by atoms with van der Waals surface area (Å²) in [6.45, 7) is 0. The lowest BCUT2D eigenvalue weighted by atomic mass is 9.93. The predicted molar refractivity (Wildman–Crippen MR) is 64.9 cm³/mol. The number of benzene rings is 1. The molecule has 1 aromatic carbocycles. The average Bonchev–Trinajstić information content (AvgIpc) is 2.38. The lowest BCUT2D eigenvalue weighted by Gasteiger charge is -2.40. The van der Waals surface area contributed by atoms with E-state index in [1.54, 1.807) is 12.1 Å². The number of carbonyl (C=O) groups excluding carboxylic acids is 1. The zero-order valence-electron chi connectivity index (χ0n) is 10.4. The van der Waals surface area contributed by atoms with E-state index in [-0.39, 0.29) is 5.97 Å². The van der Waals surface area contributed by atoms with Gasteiger partial charge in [0, 0.05) is 12.8 Å². The van der Waals surface area contributed by atoms with Crippen molar-refractivity contribution in [3.05, 3.63) is 23.8 Å². The number of esters is 1. The maximum absolute atomic E-state index is 12.2.